The number of aldehydes is 1. The van der Waals surface area contributed by atoms with Crippen molar-refractivity contribution in [3.05, 3.63) is 102 Å². The minimum absolute atomic E-state index is 0.349. The molecule has 7 heteroatoms. The summed E-state index contributed by atoms with van der Waals surface area (Å²) in [5.74, 6) is 1.31. The van der Waals surface area contributed by atoms with Crippen LogP contribution in [0, 0.1) is 6.92 Å². The zero-order valence-electron chi connectivity index (χ0n) is 21.5. The molecule has 0 aliphatic carbocycles. The van der Waals surface area contributed by atoms with Crippen LogP contribution in [-0.2, 0) is 9.59 Å². The Morgan fingerprint density at radius 1 is 1.03 bits per heavy atom. The highest BCUT2D eigenvalue weighted by Crippen LogP contribution is 2.44. The smallest absolute Gasteiger partial charge is 0.211 e. The number of halogens is 1. The van der Waals surface area contributed by atoms with Crippen molar-refractivity contribution >= 4 is 58.2 Å². The van der Waals surface area contributed by atoms with Crippen LogP contribution in [0.2, 0.25) is 0 Å². The molecule has 1 aliphatic rings. The van der Waals surface area contributed by atoms with Crippen LogP contribution in [0.5, 0.6) is 5.75 Å². The average Bonchev–Trinajstić information content (AvgIpc) is 3.26. The molecule has 5 rings (SSSR count). The number of nitrogens with zero attached hydrogens (tertiary/aromatic N) is 1. The third kappa shape index (κ3) is 7.37. The number of amides is 1. The lowest BCUT2D eigenvalue weighted by molar-refractivity contribution is -0.105. The number of allylic oxidation sites excluding steroid dienone is 1. The minimum atomic E-state index is 0.349. The highest BCUT2D eigenvalue weighted by Gasteiger charge is 2.28. The SMILES string of the molecule is CN1CC(CCl)c2c1cc(O)c1ccccc21.Cc1ccc(N)cc1.O=C/C=C/c1cccc(NC=O)c1. The number of anilines is 3. The average molecular weight is 530 g/mol. The molecule has 1 atom stereocenters. The molecule has 4 aromatic rings. The fourth-order valence-corrected chi connectivity index (χ4v) is 4.52. The van der Waals surface area contributed by atoms with Gasteiger partial charge in [0, 0.05) is 53.9 Å². The molecular formula is C31H32ClN3O3. The van der Waals surface area contributed by atoms with Crippen molar-refractivity contribution in [2.45, 2.75) is 12.8 Å². The summed E-state index contributed by atoms with van der Waals surface area (Å²) < 4.78 is 0. The topological polar surface area (TPSA) is 95.7 Å². The van der Waals surface area contributed by atoms with E-state index in [0.717, 1.165) is 34.3 Å². The fraction of sp³-hybridized carbons (Fsp3) is 0.161. The third-order valence-electron chi connectivity index (χ3n) is 6.10. The predicted molar refractivity (Wildman–Crippen MR) is 159 cm³/mol. The van der Waals surface area contributed by atoms with Crippen molar-refractivity contribution in [1.29, 1.82) is 0 Å². The molecule has 0 aromatic heterocycles. The number of carbonyl (C=O) groups excluding carboxylic acids is 2. The van der Waals surface area contributed by atoms with Gasteiger partial charge in [-0.1, -0.05) is 60.2 Å². The van der Waals surface area contributed by atoms with Gasteiger partial charge in [0.1, 0.15) is 12.0 Å². The molecule has 38 heavy (non-hydrogen) atoms. The standard InChI is InChI=1S/C14H14ClNO.C10H9NO2.C7H9N/c1-16-8-9(7-15)14-11-5-3-2-4-10(11)13(17)6-12(14)16;12-6-2-4-9-3-1-5-10(7-9)11-8-13;1-6-2-4-7(8)5-3-6/h2-6,9,17H,7-8H2,1H3;1-8H,(H,11,13);2-5H,8H2,1H3/b;4-2+;. The van der Waals surface area contributed by atoms with Crippen LogP contribution in [0.4, 0.5) is 17.1 Å². The molecular weight excluding hydrogens is 498 g/mol. The molecule has 1 aliphatic heterocycles. The lowest BCUT2D eigenvalue weighted by atomic mass is 9.95. The summed E-state index contributed by atoms with van der Waals surface area (Å²) in [7, 11) is 2.04. The maximum Gasteiger partial charge on any atom is 0.211 e. The van der Waals surface area contributed by atoms with E-state index < -0.39 is 0 Å². The van der Waals surface area contributed by atoms with E-state index in [0.29, 0.717) is 35.9 Å². The van der Waals surface area contributed by atoms with Crippen LogP contribution in [0.25, 0.3) is 16.8 Å². The van der Waals surface area contributed by atoms with Crippen molar-refractivity contribution < 1.29 is 14.7 Å². The molecule has 4 aromatic carbocycles. The fourth-order valence-electron chi connectivity index (χ4n) is 4.27. The van der Waals surface area contributed by atoms with E-state index in [9.17, 15) is 14.7 Å². The summed E-state index contributed by atoms with van der Waals surface area (Å²) in [6.07, 6.45) is 4.39. The Balaban J connectivity index is 0.000000169. The van der Waals surface area contributed by atoms with Gasteiger partial charge in [-0.3, -0.25) is 9.59 Å². The normalized spacial score (nSPS) is 13.7. The Kier molecular flexibility index (Phi) is 10.3. The van der Waals surface area contributed by atoms with E-state index >= 15 is 0 Å². The molecule has 0 radical (unpaired) electrons. The summed E-state index contributed by atoms with van der Waals surface area (Å²) in [6, 6.07) is 24.8. The Hall–Kier alpha value is -4.29. The molecule has 1 unspecified atom stereocenters. The quantitative estimate of drug-likeness (QED) is 0.121. The molecule has 0 saturated heterocycles. The number of hydrogen-bond donors (Lipinski definition) is 3. The monoisotopic (exact) mass is 529 g/mol. The van der Waals surface area contributed by atoms with Gasteiger partial charge in [0.05, 0.1) is 0 Å². The first-order chi connectivity index (χ1) is 18.4. The third-order valence-corrected chi connectivity index (χ3v) is 6.47. The number of aryl methyl sites for hydroxylation is 1. The van der Waals surface area contributed by atoms with Crippen LogP contribution in [0.3, 0.4) is 0 Å². The van der Waals surface area contributed by atoms with E-state index in [1.807, 2.05) is 68.6 Å². The summed E-state index contributed by atoms with van der Waals surface area (Å²) in [6.45, 7) is 2.96. The van der Waals surface area contributed by atoms with Gasteiger partial charge in [-0.15, -0.1) is 11.6 Å². The number of benzene rings is 4. The highest BCUT2D eigenvalue weighted by molar-refractivity contribution is 6.18. The van der Waals surface area contributed by atoms with Crippen LogP contribution in [-0.4, -0.2) is 37.3 Å². The first kappa shape index (κ1) is 28.3. The zero-order chi connectivity index (χ0) is 27.5. The van der Waals surface area contributed by atoms with Gasteiger partial charge < -0.3 is 21.1 Å². The number of alkyl halides is 1. The Morgan fingerprint density at radius 3 is 2.37 bits per heavy atom. The number of hydrogen-bond acceptors (Lipinski definition) is 5. The van der Waals surface area contributed by atoms with Crippen molar-refractivity contribution in [1.82, 2.24) is 0 Å². The van der Waals surface area contributed by atoms with Crippen LogP contribution < -0.4 is 16.0 Å². The lowest BCUT2D eigenvalue weighted by Crippen LogP contribution is -2.15. The second-order valence-corrected chi connectivity index (χ2v) is 9.21. The Morgan fingerprint density at radius 2 is 1.74 bits per heavy atom. The van der Waals surface area contributed by atoms with Crippen molar-refractivity contribution in [3.8, 4) is 5.75 Å². The molecule has 196 valence electrons. The molecule has 1 amide bonds. The maximum atomic E-state index is 10.1. The Bertz CT molecular complexity index is 1380. The first-order valence-corrected chi connectivity index (χ1v) is 12.7. The number of nitrogen functional groups attached to an aromatic ring is 1. The maximum absolute atomic E-state index is 10.1. The predicted octanol–water partition coefficient (Wildman–Crippen LogP) is 6.36. The lowest BCUT2D eigenvalue weighted by Gasteiger charge is -2.13. The van der Waals surface area contributed by atoms with Crippen LogP contribution in [0.1, 0.15) is 22.6 Å². The van der Waals surface area contributed by atoms with Gasteiger partial charge >= 0.3 is 0 Å². The van der Waals surface area contributed by atoms with Crippen molar-refractivity contribution in [3.63, 3.8) is 0 Å². The number of aromatic hydroxyl groups is 1. The molecule has 6 nitrogen and oxygen atoms in total. The number of carbonyl (C=O) groups is 2. The molecule has 4 N–H and O–H groups in total. The van der Waals surface area contributed by atoms with E-state index in [2.05, 4.69) is 16.3 Å². The van der Waals surface area contributed by atoms with E-state index in [1.54, 1.807) is 24.3 Å². The number of rotatable bonds is 5. The largest absolute Gasteiger partial charge is 0.507 e. The van der Waals surface area contributed by atoms with Gasteiger partial charge in [-0.25, -0.2) is 0 Å². The van der Waals surface area contributed by atoms with Crippen molar-refractivity contribution in [2.24, 2.45) is 0 Å². The number of phenols is 1. The highest BCUT2D eigenvalue weighted by atomic mass is 35.5. The molecule has 1 heterocycles. The Labute approximate surface area is 228 Å². The second kappa shape index (κ2) is 13.9. The van der Waals surface area contributed by atoms with Gasteiger partial charge in [0.2, 0.25) is 6.41 Å². The van der Waals surface area contributed by atoms with E-state index in [1.165, 1.54) is 17.2 Å². The molecule has 0 spiro atoms. The molecule has 0 fully saturated rings. The van der Waals surface area contributed by atoms with Gasteiger partial charge in [0.15, 0.2) is 0 Å². The van der Waals surface area contributed by atoms with Gasteiger partial charge in [-0.05, 0) is 53.8 Å². The van der Waals surface area contributed by atoms with Crippen LogP contribution >= 0.6 is 11.6 Å². The summed E-state index contributed by atoms with van der Waals surface area (Å²) in [5.41, 5.74) is 11.5. The summed E-state index contributed by atoms with van der Waals surface area (Å²) in [5, 5.41) is 14.6. The summed E-state index contributed by atoms with van der Waals surface area (Å²) >= 11 is 6.05. The van der Waals surface area contributed by atoms with E-state index in [-0.39, 0.29) is 0 Å². The number of nitrogens with one attached hydrogen (secondary N) is 1. The number of phenolic OH excluding ortho intramolecular Hbond substituents is 1. The molecule has 0 bridgehead atoms. The van der Waals surface area contributed by atoms with Gasteiger partial charge in [0.25, 0.3) is 0 Å². The second-order valence-electron chi connectivity index (χ2n) is 8.90. The number of fused-ring (bicyclic) bond motifs is 3. The minimum Gasteiger partial charge on any atom is -0.507 e. The summed E-state index contributed by atoms with van der Waals surface area (Å²) in [4.78, 5) is 22.3. The number of nitrogens with two attached hydrogens (primary N) is 1. The molecule has 0 saturated carbocycles. The first-order valence-electron chi connectivity index (χ1n) is 12.1. The van der Waals surface area contributed by atoms with E-state index in [4.69, 9.17) is 17.3 Å². The van der Waals surface area contributed by atoms with Crippen LogP contribution in [0.15, 0.2) is 84.9 Å². The number of likely N-dealkylation sites (N-methyl/N-ethyl adjacent to an activating group) is 1. The zero-order valence-corrected chi connectivity index (χ0v) is 22.2. The van der Waals surface area contributed by atoms with Gasteiger partial charge in [-0.2, -0.15) is 0 Å². The van der Waals surface area contributed by atoms with Crippen molar-refractivity contribution in [2.75, 3.05) is 35.4 Å².